The van der Waals surface area contributed by atoms with Crippen LogP contribution in [0.5, 0.6) is 0 Å². The van der Waals surface area contributed by atoms with Gasteiger partial charge in [0.15, 0.2) is 0 Å². The zero-order chi connectivity index (χ0) is 21.3. The molecule has 4 amide bonds. The Morgan fingerprint density at radius 2 is 1.86 bits per heavy atom. The molecule has 2 atom stereocenters. The summed E-state index contributed by atoms with van der Waals surface area (Å²) in [5.41, 5.74) is -0.0615. The summed E-state index contributed by atoms with van der Waals surface area (Å²) in [6, 6.07) is 10.7. The molecule has 9 heteroatoms. The lowest BCUT2D eigenvalue weighted by atomic mass is 9.92. The van der Waals surface area contributed by atoms with Crippen molar-refractivity contribution in [1.82, 2.24) is 15.5 Å². The van der Waals surface area contributed by atoms with Crippen LogP contribution in [0.3, 0.4) is 0 Å². The Balaban J connectivity index is 1.72. The van der Waals surface area contributed by atoms with Crippen LogP contribution < -0.4 is 10.6 Å². The van der Waals surface area contributed by atoms with Crippen molar-refractivity contribution in [3.63, 3.8) is 0 Å². The van der Waals surface area contributed by atoms with Gasteiger partial charge in [-0.05, 0) is 49.2 Å². The lowest BCUT2D eigenvalue weighted by Gasteiger charge is -2.23. The number of rotatable bonds is 5. The Morgan fingerprint density at radius 1 is 1.14 bits per heavy atom. The largest absolute Gasteiger partial charge is 0.348 e. The molecular formula is C20H18Cl3N3O3. The molecule has 0 radical (unpaired) electrons. The van der Waals surface area contributed by atoms with Gasteiger partial charge in [-0.15, -0.1) is 0 Å². The van der Waals surface area contributed by atoms with Crippen molar-refractivity contribution in [1.29, 1.82) is 0 Å². The minimum absolute atomic E-state index is 0.263. The van der Waals surface area contributed by atoms with E-state index >= 15 is 0 Å². The molecule has 0 aromatic heterocycles. The number of halogens is 3. The van der Waals surface area contributed by atoms with Crippen LogP contribution in [0.15, 0.2) is 42.5 Å². The highest BCUT2D eigenvalue weighted by atomic mass is 35.5. The molecule has 152 valence electrons. The van der Waals surface area contributed by atoms with Gasteiger partial charge in [-0.3, -0.25) is 14.5 Å². The van der Waals surface area contributed by atoms with Crippen LogP contribution in [-0.2, 0) is 15.1 Å². The molecule has 0 bridgehead atoms. The van der Waals surface area contributed by atoms with Gasteiger partial charge in [-0.2, -0.15) is 0 Å². The van der Waals surface area contributed by atoms with Crippen LogP contribution in [0, 0.1) is 0 Å². The molecule has 2 aromatic rings. The first-order chi connectivity index (χ1) is 13.6. The van der Waals surface area contributed by atoms with Crippen LogP contribution >= 0.6 is 34.8 Å². The molecule has 3 rings (SSSR count). The van der Waals surface area contributed by atoms with Gasteiger partial charge < -0.3 is 10.6 Å². The highest BCUT2D eigenvalue weighted by Gasteiger charge is 2.49. The van der Waals surface area contributed by atoms with Gasteiger partial charge in [-0.1, -0.05) is 53.0 Å². The quantitative estimate of drug-likeness (QED) is 0.662. The predicted molar refractivity (Wildman–Crippen MR) is 112 cm³/mol. The number of urea groups is 1. The molecule has 0 saturated carbocycles. The van der Waals surface area contributed by atoms with Gasteiger partial charge in [0.05, 0.1) is 16.1 Å². The number of carbonyl (C=O) groups excluding carboxylic acids is 3. The summed E-state index contributed by atoms with van der Waals surface area (Å²) in [5.74, 6) is -1.02. The number of nitrogens with one attached hydrogen (secondary N) is 2. The van der Waals surface area contributed by atoms with Gasteiger partial charge in [-0.25, -0.2) is 4.79 Å². The van der Waals surface area contributed by atoms with Crippen molar-refractivity contribution in [3.8, 4) is 0 Å². The molecule has 29 heavy (non-hydrogen) atoms. The molecule has 2 N–H and O–H groups in total. The SMILES string of the molecule is CC(NC(=O)CN1C(=O)NC(C)(c2ccc(Cl)c(Cl)c2)C1=O)c1cccc(Cl)c1. The number of benzene rings is 2. The van der Waals surface area contributed by atoms with Crippen molar-refractivity contribution < 1.29 is 14.4 Å². The first-order valence-electron chi connectivity index (χ1n) is 8.76. The number of hydrogen-bond acceptors (Lipinski definition) is 3. The average molecular weight is 455 g/mol. The predicted octanol–water partition coefficient (Wildman–Crippen LogP) is 4.29. The van der Waals surface area contributed by atoms with E-state index in [1.54, 1.807) is 44.2 Å². The second-order valence-corrected chi connectivity index (χ2v) is 8.17. The summed E-state index contributed by atoms with van der Waals surface area (Å²) in [7, 11) is 0. The standard InChI is InChI=1S/C20H18Cl3N3O3/c1-11(12-4-3-5-14(21)8-12)24-17(27)10-26-18(28)20(2,25-19(26)29)13-6-7-15(22)16(23)9-13/h3-9,11H,10H2,1-2H3,(H,24,27)(H,25,29). The van der Waals surface area contributed by atoms with Crippen LogP contribution in [-0.4, -0.2) is 29.3 Å². The maximum Gasteiger partial charge on any atom is 0.325 e. The van der Waals surface area contributed by atoms with Gasteiger partial charge >= 0.3 is 6.03 Å². The smallest absolute Gasteiger partial charge is 0.325 e. The molecule has 1 aliphatic rings. The maximum absolute atomic E-state index is 12.9. The molecule has 1 aliphatic heterocycles. The zero-order valence-corrected chi connectivity index (χ0v) is 17.9. The van der Waals surface area contributed by atoms with Crippen molar-refractivity contribution in [3.05, 3.63) is 68.7 Å². The van der Waals surface area contributed by atoms with Gasteiger partial charge in [0.1, 0.15) is 12.1 Å². The third-order valence-corrected chi connectivity index (χ3v) is 5.77. The summed E-state index contributed by atoms with van der Waals surface area (Å²) in [6.07, 6.45) is 0. The third-order valence-electron chi connectivity index (χ3n) is 4.80. The maximum atomic E-state index is 12.9. The Morgan fingerprint density at radius 3 is 2.52 bits per heavy atom. The fourth-order valence-corrected chi connectivity index (χ4v) is 3.63. The van der Waals surface area contributed by atoms with E-state index in [4.69, 9.17) is 34.8 Å². The third kappa shape index (κ3) is 4.34. The molecule has 2 aromatic carbocycles. The fraction of sp³-hybridized carbons (Fsp3) is 0.250. The number of nitrogens with zero attached hydrogens (tertiary/aromatic N) is 1. The van der Waals surface area contributed by atoms with Gasteiger partial charge in [0.25, 0.3) is 5.91 Å². The van der Waals surface area contributed by atoms with Crippen molar-refractivity contribution in [2.45, 2.75) is 25.4 Å². The van der Waals surface area contributed by atoms with Crippen LogP contribution in [0.2, 0.25) is 15.1 Å². The molecular weight excluding hydrogens is 437 g/mol. The normalized spacial score (nSPS) is 19.8. The lowest BCUT2D eigenvalue weighted by Crippen LogP contribution is -2.43. The topological polar surface area (TPSA) is 78.5 Å². The first-order valence-corrected chi connectivity index (χ1v) is 9.89. The Bertz CT molecular complexity index is 998. The van der Waals surface area contributed by atoms with Crippen molar-refractivity contribution >= 4 is 52.6 Å². The zero-order valence-electron chi connectivity index (χ0n) is 15.6. The molecule has 1 saturated heterocycles. The number of hydrogen-bond donors (Lipinski definition) is 2. The fourth-order valence-electron chi connectivity index (χ4n) is 3.13. The molecule has 6 nitrogen and oxygen atoms in total. The van der Waals surface area contributed by atoms with Crippen molar-refractivity contribution in [2.24, 2.45) is 0 Å². The molecule has 2 unspecified atom stereocenters. The van der Waals surface area contributed by atoms with Crippen LogP contribution in [0.25, 0.3) is 0 Å². The Labute approximate surface area is 183 Å². The van der Waals surface area contributed by atoms with Crippen LogP contribution in [0.4, 0.5) is 4.79 Å². The summed E-state index contributed by atoms with van der Waals surface area (Å²) in [6.45, 7) is 2.93. The average Bonchev–Trinajstić information content (AvgIpc) is 2.88. The Kier molecular flexibility index (Phi) is 6.08. The van der Waals surface area contributed by atoms with E-state index < -0.39 is 29.9 Å². The number of amides is 4. The molecule has 0 aliphatic carbocycles. The van der Waals surface area contributed by atoms with Gasteiger partial charge in [0.2, 0.25) is 5.91 Å². The van der Waals surface area contributed by atoms with Crippen LogP contribution in [0.1, 0.15) is 31.0 Å². The minimum atomic E-state index is -1.34. The summed E-state index contributed by atoms with van der Waals surface area (Å²) >= 11 is 17.9. The summed E-state index contributed by atoms with van der Waals surface area (Å²) < 4.78 is 0. The van der Waals surface area contributed by atoms with E-state index in [0.717, 1.165) is 10.5 Å². The minimum Gasteiger partial charge on any atom is -0.348 e. The molecule has 0 spiro atoms. The van der Waals surface area contributed by atoms with Gasteiger partial charge in [0, 0.05) is 5.02 Å². The molecule has 1 heterocycles. The highest BCUT2D eigenvalue weighted by molar-refractivity contribution is 6.42. The van der Waals surface area contributed by atoms with E-state index in [9.17, 15) is 14.4 Å². The molecule has 1 fully saturated rings. The summed E-state index contributed by atoms with van der Waals surface area (Å²) in [4.78, 5) is 38.7. The lowest BCUT2D eigenvalue weighted by molar-refractivity contribution is -0.135. The van der Waals surface area contributed by atoms with E-state index in [2.05, 4.69) is 10.6 Å². The number of carbonyl (C=O) groups is 3. The first kappa shape index (κ1) is 21.4. The van der Waals surface area contributed by atoms with Crippen molar-refractivity contribution in [2.75, 3.05) is 6.54 Å². The van der Waals surface area contributed by atoms with E-state index in [1.807, 2.05) is 6.07 Å². The second-order valence-electron chi connectivity index (χ2n) is 6.92. The monoisotopic (exact) mass is 453 g/mol. The van der Waals surface area contributed by atoms with E-state index in [0.29, 0.717) is 15.6 Å². The Hall–Kier alpha value is -2.28. The second kappa shape index (κ2) is 8.22. The van der Waals surface area contributed by atoms with E-state index in [1.165, 1.54) is 6.07 Å². The summed E-state index contributed by atoms with van der Waals surface area (Å²) in [5, 5.41) is 6.54. The van der Waals surface area contributed by atoms with E-state index in [-0.39, 0.29) is 11.1 Å². The highest BCUT2D eigenvalue weighted by Crippen LogP contribution is 2.33. The number of imide groups is 1.